The maximum Gasteiger partial charge on any atom is 0.460 e. The molecule has 0 amide bonds. The van der Waals surface area contributed by atoms with Crippen LogP contribution in [0.4, 0.5) is 13.2 Å². The molecule has 1 saturated heterocycles. The Bertz CT molecular complexity index is 148. The fourth-order valence-corrected chi connectivity index (χ4v) is 2.17. The van der Waals surface area contributed by atoms with Crippen molar-refractivity contribution < 1.29 is 13.2 Å². The van der Waals surface area contributed by atoms with E-state index in [1.54, 1.807) is 0 Å². The summed E-state index contributed by atoms with van der Waals surface area (Å²) in [7, 11) is 0. The summed E-state index contributed by atoms with van der Waals surface area (Å²) in [5.74, 6) is 0. The van der Waals surface area contributed by atoms with Crippen LogP contribution < -0.4 is 0 Å². The number of piperidine rings is 1. The van der Waals surface area contributed by atoms with Gasteiger partial charge in [-0.05, 0) is 12.8 Å². The van der Waals surface area contributed by atoms with E-state index < -0.39 is 6.30 Å². The van der Waals surface area contributed by atoms with E-state index in [1.807, 2.05) is 0 Å². The first-order chi connectivity index (χ1) is 5.55. The van der Waals surface area contributed by atoms with Crippen molar-refractivity contribution in [1.29, 1.82) is 0 Å². The SMILES string of the molecule is FC(F)(F)N1CCCC[C@H]1CBr. The lowest BCUT2D eigenvalue weighted by molar-refractivity contribution is -0.261. The molecule has 0 aliphatic carbocycles. The summed E-state index contributed by atoms with van der Waals surface area (Å²) >= 11 is 3.10. The largest absolute Gasteiger partial charge is 0.460 e. The summed E-state index contributed by atoms with van der Waals surface area (Å²) in [6.07, 6.45) is -1.95. The molecule has 0 radical (unpaired) electrons. The molecule has 1 aliphatic heterocycles. The van der Waals surface area contributed by atoms with Crippen LogP contribution in [-0.2, 0) is 0 Å². The molecule has 0 unspecified atom stereocenters. The Morgan fingerprint density at radius 1 is 1.33 bits per heavy atom. The number of hydrogen-bond donors (Lipinski definition) is 0. The topological polar surface area (TPSA) is 3.24 Å². The van der Waals surface area contributed by atoms with Crippen molar-refractivity contribution in [3.8, 4) is 0 Å². The average Bonchev–Trinajstić information content (AvgIpc) is 2.03. The molecular weight excluding hydrogens is 235 g/mol. The fourth-order valence-electron chi connectivity index (χ4n) is 1.49. The molecule has 1 nitrogen and oxygen atoms in total. The average molecular weight is 246 g/mol. The smallest absolute Gasteiger partial charge is 0.211 e. The molecule has 0 aromatic heterocycles. The van der Waals surface area contributed by atoms with E-state index >= 15 is 0 Å². The Labute approximate surface area is 78.0 Å². The van der Waals surface area contributed by atoms with Crippen LogP contribution in [0, 0.1) is 0 Å². The third-order valence-electron chi connectivity index (χ3n) is 2.13. The molecule has 0 spiro atoms. The van der Waals surface area contributed by atoms with Crippen LogP contribution in [0.25, 0.3) is 0 Å². The maximum absolute atomic E-state index is 12.3. The second-order valence-corrected chi connectivity index (χ2v) is 3.61. The van der Waals surface area contributed by atoms with Gasteiger partial charge in [-0.25, -0.2) is 4.90 Å². The quantitative estimate of drug-likeness (QED) is 0.508. The van der Waals surface area contributed by atoms with Gasteiger partial charge in [0.2, 0.25) is 0 Å². The van der Waals surface area contributed by atoms with Crippen molar-refractivity contribution in [3.05, 3.63) is 0 Å². The molecule has 0 bridgehead atoms. The van der Waals surface area contributed by atoms with E-state index in [0.29, 0.717) is 23.1 Å². The van der Waals surface area contributed by atoms with Crippen LogP contribution in [0.15, 0.2) is 0 Å². The van der Waals surface area contributed by atoms with Crippen LogP contribution in [0.2, 0.25) is 0 Å². The van der Waals surface area contributed by atoms with Gasteiger partial charge in [-0.3, -0.25) is 0 Å². The lowest BCUT2D eigenvalue weighted by Gasteiger charge is -2.35. The highest BCUT2D eigenvalue weighted by molar-refractivity contribution is 9.09. The summed E-state index contributed by atoms with van der Waals surface area (Å²) < 4.78 is 36.9. The highest BCUT2D eigenvalue weighted by Gasteiger charge is 2.42. The molecule has 1 aliphatic rings. The zero-order valence-corrected chi connectivity index (χ0v) is 8.16. The summed E-state index contributed by atoms with van der Waals surface area (Å²) in [4.78, 5) is 0.630. The molecule has 0 aromatic carbocycles. The van der Waals surface area contributed by atoms with Crippen LogP contribution >= 0.6 is 15.9 Å². The van der Waals surface area contributed by atoms with Crippen molar-refractivity contribution in [2.75, 3.05) is 11.9 Å². The van der Waals surface area contributed by atoms with Gasteiger partial charge < -0.3 is 0 Å². The summed E-state index contributed by atoms with van der Waals surface area (Å²) in [6, 6.07) is -0.362. The predicted molar refractivity (Wildman–Crippen MR) is 44.2 cm³/mol. The minimum absolute atomic E-state index is 0.153. The van der Waals surface area contributed by atoms with E-state index in [0.717, 1.165) is 6.42 Å². The third-order valence-corrected chi connectivity index (χ3v) is 2.88. The highest BCUT2D eigenvalue weighted by Crippen LogP contribution is 2.30. The molecular formula is C7H11BrF3N. The van der Waals surface area contributed by atoms with Crippen molar-refractivity contribution in [2.24, 2.45) is 0 Å². The zero-order chi connectivity index (χ0) is 9.19. The molecule has 0 N–H and O–H groups in total. The molecule has 0 aromatic rings. The second-order valence-electron chi connectivity index (χ2n) is 2.97. The monoisotopic (exact) mass is 245 g/mol. The van der Waals surface area contributed by atoms with Gasteiger partial charge in [0.25, 0.3) is 0 Å². The highest BCUT2D eigenvalue weighted by atomic mass is 79.9. The van der Waals surface area contributed by atoms with E-state index in [-0.39, 0.29) is 12.6 Å². The van der Waals surface area contributed by atoms with Gasteiger partial charge >= 0.3 is 6.30 Å². The van der Waals surface area contributed by atoms with Crippen LogP contribution in [0.1, 0.15) is 19.3 Å². The molecule has 1 fully saturated rings. The molecule has 12 heavy (non-hydrogen) atoms. The first-order valence-corrected chi connectivity index (χ1v) is 5.07. The summed E-state index contributed by atoms with van der Waals surface area (Å²) in [5, 5.41) is 0.409. The number of hydrogen-bond acceptors (Lipinski definition) is 1. The minimum atomic E-state index is -4.15. The van der Waals surface area contributed by atoms with Crippen LogP contribution in [0.3, 0.4) is 0 Å². The molecule has 72 valence electrons. The van der Waals surface area contributed by atoms with E-state index in [9.17, 15) is 13.2 Å². The van der Waals surface area contributed by atoms with Gasteiger partial charge in [-0.15, -0.1) is 0 Å². The standard InChI is InChI=1S/C7H11BrF3N/c8-5-6-3-1-2-4-12(6)7(9,10)11/h6H,1-5H2/t6-/m0/s1. The van der Waals surface area contributed by atoms with Gasteiger partial charge in [0.1, 0.15) is 0 Å². The van der Waals surface area contributed by atoms with Gasteiger partial charge in [0.05, 0.1) is 0 Å². The molecule has 5 heteroatoms. The lowest BCUT2D eigenvalue weighted by atomic mass is 10.0. The number of halogens is 4. The first kappa shape index (κ1) is 10.3. The maximum atomic E-state index is 12.3. The van der Waals surface area contributed by atoms with Crippen molar-refractivity contribution in [3.63, 3.8) is 0 Å². The Morgan fingerprint density at radius 2 is 2.00 bits per heavy atom. The van der Waals surface area contributed by atoms with Gasteiger partial charge in [0, 0.05) is 17.9 Å². The van der Waals surface area contributed by atoms with E-state index in [2.05, 4.69) is 15.9 Å². The van der Waals surface area contributed by atoms with Gasteiger partial charge in [-0.1, -0.05) is 22.4 Å². The van der Waals surface area contributed by atoms with Crippen LogP contribution in [-0.4, -0.2) is 29.1 Å². The Kier molecular flexibility index (Phi) is 3.40. The Morgan fingerprint density at radius 3 is 2.42 bits per heavy atom. The third kappa shape index (κ3) is 2.36. The minimum Gasteiger partial charge on any atom is -0.211 e. The number of alkyl halides is 4. The molecule has 1 heterocycles. The van der Waals surface area contributed by atoms with Gasteiger partial charge in [0.15, 0.2) is 0 Å². The number of nitrogens with zero attached hydrogens (tertiary/aromatic N) is 1. The van der Waals surface area contributed by atoms with Crippen molar-refractivity contribution in [2.45, 2.75) is 31.6 Å². The van der Waals surface area contributed by atoms with E-state index in [1.165, 1.54) is 0 Å². The normalized spacial score (nSPS) is 27.5. The summed E-state index contributed by atoms with van der Waals surface area (Å²) in [5.41, 5.74) is 0. The lowest BCUT2D eigenvalue weighted by Crippen LogP contribution is -2.49. The fraction of sp³-hybridized carbons (Fsp3) is 1.00. The second kappa shape index (κ2) is 3.96. The summed E-state index contributed by atoms with van der Waals surface area (Å²) in [6.45, 7) is 0.153. The van der Waals surface area contributed by atoms with E-state index in [4.69, 9.17) is 0 Å². The Hall–Kier alpha value is 0.230. The van der Waals surface area contributed by atoms with Gasteiger partial charge in [-0.2, -0.15) is 13.2 Å². The number of likely N-dealkylation sites (tertiary alicyclic amines) is 1. The molecule has 0 saturated carbocycles. The number of rotatable bonds is 1. The molecule has 1 atom stereocenters. The zero-order valence-electron chi connectivity index (χ0n) is 6.57. The Balaban J connectivity index is 2.59. The van der Waals surface area contributed by atoms with Crippen LogP contribution in [0.5, 0.6) is 0 Å². The van der Waals surface area contributed by atoms with Crippen molar-refractivity contribution in [1.82, 2.24) is 4.90 Å². The van der Waals surface area contributed by atoms with Crippen molar-refractivity contribution >= 4 is 15.9 Å². The first-order valence-electron chi connectivity index (χ1n) is 3.95. The predicted octanol–water partition coefficient (Wildman–Crippen LogP) is 2.76. The molecule has 1 rings (SSSR count).